The molecule has 0 aromatic heterocycles. The van der Waals surface area contributed by atoms with Crippen LogP contribution in [0.15, 0.2) is 121 Å². The molecular formula is C36H38O6S. The van der Waals surface area contributed by atoms with Crippen LogP contribution >= 0.6 is 11.8 Å². The van der Waals surface area contributed by atoms with Crippen molar-refractivity contribution in [1.29, 1.82) is 0 Å². The van der Waals surface area contributed by atoms with Crippen molar-refractivity contribution in [2.24, 2.45) is 0 Å². The van der Waals surface area contributed by atoms with Gasteiger partial charge in [0, 0.05) is 0 Å². The van der Waals surface area contributed by atoms with Crippen LogP contribution in [-0.4, -0.2) is 48.2 Å². The highest BCUT2D eigenvalue weighted by molar-refractivity contribution is 7.99. The van der Waals surface area contributed by atoms with Gasteiger partial charge in [-0.15, -0.1) is 11.8 Å². The first-order chi connectivity index (χ1) is 21.2. The van der Waals surface area contributed by atoms with Crippen LogP contribution in [0.4, 0.5) is 0 Å². The van der Waals surface area contributed by atoms with E-state index >= 15 is 0 Å². The highest BCUT2D eigenvalue weighted by Gasteiger charge is 2.50. The van der Waals surface area contributed by atoms with Crippen molar-refractivity contribution >= 4 is 17.7 Å². The summed E-state index contributed by atoms with van der Waals surface area (Å²) >= 11 is 1.65. The zero-order valence-electron chi connectivity index (χ0n) is 24.3. The van der Waals surface area contributed by atoms with Crippen molar-refractivity contribution in [1.82, 2.24) is 0 Å². The van der Waals surface area contributed by atoms with Crippen LogP contribution in [0.5, 0.6) is 0 Å². The lowest BCUT2D eigenvalue weighted by molar-refractivity contribution is -0.240. The van der Waals surface area contributed by atoms with Crippen molar-refractivity contribution in [3.63, 3.8) is 0 Å². The van der Waals surface area contributed by atoms with Gasteiger partial charge in [-0.05, 0) is 34.6 Å². The Morgan fingerprint density at radius 3 is 1.67 bits per heavy atom. The van der Waals surface area contributed by atoms with Gasteiger partial charge in [-0.3, -0.25) is 0 Å². The molecule has 1 saturated heterocycles. The van der Waals surface area contributed by atoms with Gasteiger partial charge in [0.1, 0.15) is 23.7 Å². The quantitative estimate of drug-likeness (QED) is 0.144. The number of carbonyl (C=O) groups excluding carboxylic acids is 1. The van der Waals surface area contributed by atoms with Gasteiger partial charge in [0.25, 0.3) is 0 Å². The lowest BCUT2D eigenvalue weighted by Crippen LogP contribution is -2.60. The summed E-state index contributed by atoms with van der Waals surface area (Å²) in [6.07, 6.45) is -2.47. The molecule has 1 fully saturated rings. The predicted molar refractivity (Wildman–Crippen MR) is 169 cm³/mol. The van der Waals surface area contributed by atoms with Crippen molar-refractivity contribution in [2.45, 2.75) is 56.6 Å². The molecule has 4 aromatic rings. The summed E-state index contributed by atoms with van der Waals surface area (Å²) in [6, 6.07) is 38.9. The molecule has 0 unspecified atom stereocenters. The minimum atomic E-state index is -0.776. The lowest BCUT2D eigenvalue weighted by atomic mass is 9.98. The normalized spacial score (nSPS) is 21.7. The van der Waals surface area contributed by atoms with Gasteiger partial charge in [-0.2, -0.15) is 0 Å². The van der Waals surface area contributed by atoms with Crippen molar-refractivity contribution in [3.8, 4) is 0 Å². The summed E-state index contributed by atoms with van der Waals surface area (Å²) in [4.78, 5) is 13.4. The first-order valence-electron chi connectivity index (χ1n) is 14.7. The second-order valence-electron chi connectivity index (χ2n) is 10.3. The number of ether oxygens (including phenoxy) is 5. The Bertz CT molecular complexity index is 1360. The third-order valence-electron chi connectivity index (χ3n) is 7.14. The molecular weight excluding hydrogens is 560 g/mol. The predicted octanol–water partition coefficient (Wildman–Crippen LogP) is 7.08. The van der Waals surface area contributed by atoms with Gasteiger partial charge in [0.05, 0.1) is 32.0 Å². The zero-order chi connectivity index (χ0) is 29.7. The maximum atomic E-state index is 13.4. The molecule has 0 N–H and O–H groups in total. The van der Waals surface area contributed by atoms with E-state index in [1.165, 1.54) is 0 Å². The Hall–Kier alpha value is -3.46. The van der Waals surface area contributed by atoms with E-state index in [0.717, 1.165) is 22.4 Å². The van der Waals surface area contributed by atoms with Crippen LogP contribution in [0.3, 0.4) is 0 Å². The molecule has 0 saturated carbocycles. The summed E-state index contributed by atoms with van der Waals surface area (Å²) in [6.45, 7) is 3.42. The smallest absolute Gasteiger partial charge is 0.338 e. The molecule has 1 heterocycles. The van der Waals surface area contributed by atoms with Gasteiger partial charge in [0.2, 0.25) is 0 Å². The average Bonchev–Trinajstić information content (AvgIpc) is 3.06. The van der Waals surface area contributed by atoms with Crippen LogP contribution in [0.2, 0.25) is 0 Å². The second-order valence-corrected chi connectivity index (χ2v) is 11.6. The molecule has 1 aliphatic rings. The minimum Gasteiger partial charge on any atom is -0.453 e. The first kappa shape index (κ1) is 31.0. The van der Waals surface area contributed by atoms with E-state index < -0.39 is 30.4 Å². The van der Waals surface area contributed by atoms with Gasteiger partial charge in [-0.25, -0.2) is 4.79 Å². The number of thioether (sulfide) groups is 1. The van der Waals surface area contributed by atoms with Gasteiger partial charge < -0.3 is 23.7 Å². The Kier molecular flexibility index (Phi) is 11.8. The molecule has 0 bridgehead atoms. The third-order valence-corrected chi connectivity index (χ3v) is 8.18. The SMILES string of the molecule is CCS[C@@H]1O[C@H](COCc2ccccc2)[C@H](OC(=O)c2ccccc2)[C@H](OCc2ccccc2)[C@H]1OCc1ccccc1. The van der Waals surface area contributed by atoms with E-state index in [2.05, 4.69) is 6.92 Å². The molecule has 0 amide bonds. The molecule has 7 heteroatoms. The highest BCUT2D eigenvalue weighted by Crippen LogP contribution is 2.35. The summed E-state index contributed by atoms with van der Waals surface area (Å²) in [5, 5.41) is 0. The second kappa shape index (κ2) is 16.4. The Balaban J connectivity index is 1.43. The zero-order valence-corrected chi connectivity index (χ0v) is 25.1. The highest BCUT2D eigenvalue weighted by atomic mass is 32.2. The third kappa shape index (κ3) is 9.02. The number of esters is 1. The molecule has 5 atom stereocenters. The Morgan fingerprint density at radius 1 is 0.651 bits per heavy atom. The molecule has 4 aromatic carbocycles. The minimum absolute atomic E-state index is 0.221. The summed E-state index contributed by atoms with van der Waals surface area (Å²) in [5.41, 5.74) is 3.21. The summed E-state index contributed by atoms with van der Waals surface area (Å²) in [7, 11) is 0. The standard InChI is InChI=1S/C36H38O6S/c1-2-43-36-34(40-25-29-19-11-5-12-20-29)33(39-24-28-17-9-4-10-18-28)32(42-35(37)30-21-13-6-14-22-30)31(41-36)26-38-23-27-15-7-3-8-16-27/h3-22,31-34,36H,2,23-26H2,1H3/t31-,32+,33+,34-,36+/m1/s1. The van der Waals surface area contributed by atoms with E-state index in [4.69, 9.17) is 23.7 Å². The molecule has 224 valence electrons. The Labute approximate surface area is 258 Å². The maximum absolute atomic E-state index is 13.4. The summed E-state index contributed by atoms with van der Waals surface area (Å²) in [5.74, 6) is 0.367. The fourth-order valence-corrected chi connectivity index (χ4v) is 5.96. The van der Waals surface area contributed by atoms with Crippen molar-refractivity contribution in [3.05, 3.63) is 144 Å². The van der Waals surface area contributed by atoms with Crippen LogP contribution in [0.25, 0.3) is 0 Å². The first-order valence-corrected chi connectivity index (χ1v) is 15.7. The van der Waals surface area contributed by atoms with E-state index in [9.17, 15) is 4.79 Å². The molecule has 0 aliphatic carbocycles. The van der Waals surface area contributed by atoms with Gasteiger partial charge >= 0.3 is 5.97 Å². The molecule has 0 spiro atoms. The van der Waals surface area contributed by atoms with Gasteiger partial charge in [0.15, 0.2) is 6.10 Å². The van der Waals surface area contributed by atoms with E-state index in [1.54, 1.807) is 23.9 Å². The molecule has 0 radical (unpaired) electrons. The maximum Gasteiger partial charge on any atom is 0.338 e. The Morgan fingerprint density at radius 2 is 1.14 bits per heavy atom. The van der Waals surface area contributed by atoms with Crippen LogP contribution in [0, 0.1) is 0 Å². The van der Waals surface area contributed by atoms with E-state index in [1.807, 2.05) is 109 Å². The molecule has 5 rings (SSSR count). The van der Waals surface area contributed by atoms with E-state index in [-0.39, 0.29) is 12.0 Å². The van der Waals surface area contributed by atoms with Crippen LogP contribution < -0.4 is 0 Å². The molecule has 43 heavy (non-hydrogen) atoms. The number of carbonyl (C=O) groups is 1. The fraction of sp³-hybridized carbons (Fsp3) is 0.306. The average molecular weight is 599 g/mol. The number of benzene rings is 4. The molecule has 6 nitrogen and oxygen atoms in total. The van der Waals surface area contributed by atoms with Crippen molar-refractivity contribution < 1.29 is 28.5 Å². The summed E-state index contributed by atoms with van der Waals surface area (Å²) < 4.78 is 32.3. The van der Waals surface area contributed by atoms with Crippen molar-refractivity contribution in [2.75, 3.05) is 12.4 Å². The number of hydrogen-bond donors (Lipinski definition) is 0. The lowest BCUT2D eigenvalue weighted by Gasteiger charge is -2.45. The topological polar surface area (TPSA) is 63.2 Å². The fourth-order valence-electron chi connectivity index (χ4n) is 4.99. The van der Waals surface area contributed by atoms with Gasteiger partial charge in [-0.1, -0.05) is 116 Å². The number of rotatable bonds is 14. The van der Waals surface area contributed by atoms with Crippen LogP contribution in [-0.2, 0) is 43.5 Å². The monoisotopic (exact) mass is 598 g/mol. The van der Waals surface area contributed by atoms with Crippen LogP contribution in [0.1, 0.15) is 34.0 Å². The van der Waals surface area contributed by atoms with E-state index in [0.29, 0.717) is 25.4 Å². The molecule has 1 aliphatic heterocycles. The largest absolute Gasteiger partial charge is 0.453 e. The number of hydrogen-bond acceptors (Lipinski definition) is 7.